The van der Waals surface area contributed by atoms with Gasteiger partial charge in [0.05, 0.1) is 11.7 Å². The van der Waals surface area contributed by atoms with E-state index in [4.69, 9.17) is 11.6 Å². The third-order valence-corrected chi connectivity index (χ3v) is 4.92. The van der Waals surface area contributed by atoms with Crippen LogP contribution in [0, 0.1) is 13.8 Å². The topological polar surface area (TPSA) is 50.2 Å². The first kappa shape index (κ1) is 17.8. The minimum absolute atomic E-state index is 0.0279. The molecule has 6 heteroatoms. The molecule has 1 fully saturated rings. The number of hydrogen-bond acceptors (Lipinski definition) is 2. The monoisotopic (exact) mass is 360 g/mol. The first-order chi connectivity index (χ1) is 12.0. The smallest absolute Gasteiger partial charge is 0.317 e. The van der Waals surface area contributed by atoms with Gasteiger partial charge in [-0.25, -0.2) is 4.79 Å². The number of hydrogen-bond donors (Lipinski definition) is 1. The Morgan fingerprint density at radius 3 is 2.76 bits per heavy atom. The fraction of sp³-hybridized carbons (Fsp3) is 0.474. The van der Waals surface area contributed by atoms with E-state index in [1.54, 1.807) is 0 Å². The highest BCUT2D eigenvalue weighted by molar-refractivity contribution is 6.30. The molecule has 0 saturated carbocycles. The van der Waals surface area contributed by atoms with E-state index in [1.807, 2.05) is 36.1 Å². The molecule has 2 aromatic rings. The van der Waals surface area contributed by atoms with Crippen molar-refractivity contribution < 1.29 is 4.79 Å². The van der Waals surface area contributed by atoms with E-state index < -0.39 is 0 Å². The van der Waals surface area contributed by atoms with Crippen LogP contribution < -0.4 is 5.32 Å². The molecule has 1 saturated heterocycles. The number of benzene rings is 1. The van der Waals surface area contributed by atoms with Gasteiger partial charge in [-0.1, -0.05) is 23.7 Å². The molecule has 0 bridgehead atoms. The van der Waals surface area contributed by atoms with Gasteiger partial charge < -0.3 is 10.2 Å². The van der Waals surface area contributed by atoms with E-state index in [1.165, 1.54) is 5.56 Å². The molecule has 134 valence electrons. The number of aryl methyl sites for hydroxylation is 3. The van der Waals surface area contributed by atoms with Crippen LogP contribution in [0.5, 0.6) is 0 Å². The third kappa shape index (κ3) is 4.54. The van der Waals surface area contributed by atoms with Gasteiger partial charge in [-0.3, -0.25) is 4.68 Å². The Morgan fingerprint density at radius 1 is 1.32 bits per heavy atom. The average molecular weight is 361 g/mol. The highest BCUT2D eigenvalue weighted by atomic mass is 35.5. The summed E-state index contributed by atoms with van der Waals surface area (Å²) in [6, 6.07) is 10.3. The number of aromatic nitrogens is 2. The summed E-state index contributed by atoms with van der Waals surface area (Å²) in [6.45, 7) is 6.27. The second kappa shape index (κ2) is 7.91. The Hall–Kier alpha value is -2.01. The normalized spacial score (nSPS) is 17.1. The summed E-state index contributed by atoms with van der Waals surface area (Å²) in [7, 11) is 0. The van der Waals surface area contributed by atoms with Gasteiger partial charge in [-0.05, 0) is 56.9 Å². The largest absolute Gasteiger partial charge is 0.338 e. The van der Waals surface area contributed by atoms with E-state index in [-0.39, 0.29) is 12.1 Å². The number of likely N-dealkylation sites (tertiary alicyclic amines) is 1. The minimum atomic E-state index is 0.0279. The Kier molecular flexibility index (Phi) is 5.63. The summed E-state index contributed by atoms with van der Waals surface area (Å²) in [5.74, 6) is 0. The molecule has 3 rings (SSSR count). The van der Waals surface area contributed by atoms with Crippen molar-refractivity contribution >= 4 is 17.6 Å². The van der Waals surface area contributed by atoms with E-state index in [0.717, 1.165) is 48.8 Å². The number of carbonyl (C=O) groups is 1. The quantitative estimate of drug-likeness (QED) is 0.826. The lowest BCUT2D eigenvalue weighted by molar-refractivity contribution is 0.206. The number of nitrogens with one attached hydrogen (secondary N) is 1. The maximum absolute atomic E-state index is 12.3. The fourth-order valence-electron chi connectivity index (χ4n) is 3.39. The van der Waals surface area contributed by atoms with E-state index >= 15 is 0 Å². The van der Waals surface area contributed by atoms with Crippen LogP contribution in [0.3, 0.4) is 0 Å². The first-order valence-electron chi connectivity index (χ1n) is 8.83. The van der Waals surface area contributed by atoms with Gasteiger partial charge in [0.1, 0.15) is 0 Å². The summed E-state index contributed by atoms with van der Waals surface area (Å²) in [6.07, 6.45) is 2.81. The van der Waals surface area contributed by atoms with Crippen LogP contribution in [0.4, 0.5) is 4.79 Å². The predicted molar refractivity (Wildman–Crippen MR) is 100 cm³/mol. The zero-order valence-corrected chi connectivity index (χ0v) is 15.6. The zero-order valence-electron chi connectivity index (χ0n) is 14.8. The zero-order chi connectivity index (χ0) is 17.8. The number of carbonyl (C=O) groups excluding carboxylic acids is 1. The van der Waals surface area contributed by atoms with Gasteiger partial charge >= 0.3 is 6.03 Å². The summed E-state index contributed by atoms with van der Waals surface area (Å²) >= 11 is 5.89. The van der Waals surface area contributed by atoms with Gasteiger partial charge in [0.2, 0.25) is 0 Å². The van der Waals surface area contributed by atoms with Crippen molar-refractivity contribution in [1.82, 2.24) is 20.0 Å². The summed E-state index contributed by atoms with van der Waals surface area (Å²) in [5.41, 5.74) is 3.43. The molecule has 1 atom stereocenters. The summed E-state index contributed by atoms with van der Waals surface area (Å²) in [5, 5.41) is 8.33. The molecular formula is C19H25ClN4O. The summed E-state index contributed by atoms with van der Waals surface area (Å²) in [4.78, 5) is 14.2. The molecular weight excluding hydrogens is 336 g/mol. The van der Waals surface area contributed by atoms with Crippen LogP contribution in [-0.4, -0.2) is 40.3 Å². The molecule has 1 aliphatic rings. The molecule has 5 nitrogen and oxygen atoms in total. The lowest BCUT2D eigenvalue weighted by atomic mass is 10.1. The molecule has 0 radical (unpaired) electrons. The number of rotatable bonds is 5. The van der Waals surface area contributed by atoms with Gasteiger partial charge in [-0.15, -0.1) is 0 Å². The highest BCUT2D eigenvalue weighted by Crippen LogP contribution is 2.23. The van der Waals surface area contributed by atoms with Crippen LogP contribution in [0.2, 0.25) is 5.02 Å². The molecule has 1 aliphatic heterocycles. The van der Waals surface area contributed by atoms with Crippen molar-refractivity contribution in [2.45, 2.75) is 39.2 Å². The lowest BCUT2D eigenvalue weighted by Gasteiger charge is -2.18. The molecule has 0 aliphatic carbocycles. The minimum Gasteiger partial charge on any atom is -0.338 e. The van der Waals surface area contributed by atoms with Crippen molar-refractivity contribution in [2.24, 2.45) is 0 Å². The van der Waals surface area contributed by atoms with E-state index in [0.29, 0.717) is 6.54 Å². The standard InChI is InChI=1S/C19H25ClN4O/c1-14-12-15(2)24(22-14)18-9-11-23(13-18)19(25)21-10-3-4-16-5-7-17(20)8-6-16/h5-8,12,18H,3-4,9-11,13H2,1-2H3,(H,21,25)/t18-/m0/s1. The molecule has 0 unspecified atom stereocenters. The maximum atomic E-state index is 12.3. The Balaban J connectivity index is 1.41. The average Bonchev–Trinajstić information content (AvgIpc) is 3.19. The fourth-order valence-corrected chi connectivity index (χ4v) is 3.52. The van der Waals surface area contributed by atoms with Crippen molar-refractivity contribution in [3.8, 4) is 0 Å². The van der Waals surface area contributed by atoms with Crippen LogP contribution in [0.1, 0.15) is 35.8 Å². The van der Waals surface area contributed by atoms with Crippen LogP contribution in [0.15, 0.2) is 30.3 Å². The van der Waals surface area contributed by atoms with Crippen LogP contribution in [0.25, 0.3) is 0 Å². The molecule has 25 heavy (non-hydrogen) atoms. The maximum Gasteiger partial charge on any atom is 0.317 e. The SMILES string of the molecule is Cc1cc(C)n([C@H]2CCN(C(=O)NCCCc3ccc(Cl)cc3)C2)n1. The highest BCUT2D eigenvalue weighted by Gasteiger charge is 2.28. The van der Waals surface area contributed by atoms with E-state index in [2.05, 4.69) is 28.1 Å². The van der Waals surface area contributed by atoms with Crippen LogP contribution in [-0.2, 0) is 6.42 Å². The van der Waals surface area contributed by atoms with Crippen LogP contribution >= 0.6 is 11.6 Å². The van der Waals surface area contributed by atoms with Crippen molar-refractivity contribution in [1.29, 1.82) is 0 Å². The van der Waals surface area contributed by atoms with Gasteiger partial charge in [-0.2, -0.15) is 5.10 Å². The van der Waals surface area contributed by atoms with Crippen molar-refractivity contribution in [2.75, 3.05) is 19.6 Å². The van der Waals surface area contributed by atoms with Gasteiger partial charge in [0, 0.05) is 30.4 Å². The van der Waals surface area contributed by atoms with Gasteiger partial charge in [0.25, 0.3) is 0 Å². The lowest BCUT2D eigenvalue weighted by Crippen LogP contribution is -2.39. The number of urea groups is 1. The Labute approximate surface area is 154 Å². The molecule has 1 N–H and O–H groups in total. The third-order valence-electron chi connectivity index (χ3n) is 4.67. The second-order valence-corrected chi connectivity index (χ2v) is 7.16. The number of halogens is 1. The first-order valence-corrected chi connectivity index (χ1v) is 9.20. The molecule has 2 amide bonds. The summed E-state index contributed by atoms with van der Waals surface area (Å²) < 4.78 is 2.06. The van der Waals surface area contributed by atoms with Crippen molar-refractivity contribution in [3.63, 3.8) is 0 Å². The molecule has 0 spiro atoms. The molecule has 2 heterocycles. The number of nitrogens with zero attached hydrogens (tertiary/aromatic N) is 3. The second-order valence-electron chi connectivity index (χ2n) is 6.72. The number of amides is 2. The molecule has 1 aromatic carbocycles. The Bertz CT molecular complexity index is 726. The van der Waals surface area contributed by atoms with Gasteiger partial charge in [0.15, 0.2) is 0 Å². The van der Waals surface area contributed by atoms with E-state index in [9.17, 15) is 4.79 Å². The Morgan fingerprint density at radius 2 is 2.08 bits per heavy atom. The molecule has 1 aromatic heterocycles. The predicted octanol–water partition coefficient (Wildman–Crippen LogP) is 3.74. The van der Waals surface area contributed by atoms with Crippen molar-refractivity contribution in [3.05, 3.63) is 52.3 Å².